The molecule has 0 saturated heterocycles. The van der Waals surface area contributed by atoms with E-state index in [1.807, 2.05) is 18.9 Å². The Morgan fingerprint density at radius 3 is 2.60 bits per heavy atom. The van der Waals surface area contributed by atoms with Crippen LogP contribution < -0.4 is 4.90 Å². The monoisotopic (exact) mass is 249 g/mol. The maximum absolute atomic E-state index is 9.15. The highest BCUT2D eigenvalue weighted by Gasteiger charge is 2.14. The Kier molecular flexibility index (Phi) is 4.57. The molecule has 0 aliphatic heterocycles. The topological polar surface area (TPSA) is 49.2 Å². The van der Waals surface area contributed by atoms with Crippen LogP contribution in [0.25, 0.3) is 0 Å². The summed E-state index contributed by atoms with van der Waals surface area (Å²) in [4.78, 5) is 9.63. The number of nitrogens with zero attached hydrogens (tertiary/aromatic N) is 3. The standard InChI is InChI=1S/C9H13Cl2N3O/c1-3-6(5-15)14(2)8-4-7(10)12-9(11)13-8/h4,6,15H,3,5H2,1-2H3. The first kappa shape index (κ1) is 12.5. The van der Waals surface area contributed by atoms with Crippen molar-refractivity contribution in [1.29, 1.82) is 0 Å². The Hall–Kier alpha value is -0.580. The van der Waals surface area contributed by atoms with E-state index in [1.165, 1.54) is 0 Å². The van der Waals surface area contributed by atoms with Gasteiger partial charge in [-0.25, -0.2) is 9.97 Å². The van der Waals surface area contributed by atoms with Crippen molar-refractivity contribution < 1.29 is 5.11 Å². The summed E-state index contributed by atoms with van der Waals surface area (Å²) < 4.78 is 0. The third-order valence-electron chi connectivity index (χ3n) is 2.25. The van der Waals surface area contributed by atoms with Crippen molar-refractivity contribution in [2.75, 3.05) is 18.6 Å². The second-order valence-corrected chi connectivity index (χ2v) is 3.90. The van der Waals surface area contributed by atoms with E-state index in [2.05, 4.69) is 9.97 Å². The quantitative estimate of drug-likeness (QED) is 0.655. The van der Waals surface area contributed by atoms with Crippen molar-refractivity contribution in [2.45, 2.75) is 19.4 Å². The van der Waals surface area contributed by atoms with Crippen molar-refractivity contribution in [2.24, 2.45) is 0 Å². The number of likely N-dealkylation sites (N-methyl/N-ethyl adjacent to an activating group) is 1. The zero-order valence-electron chi connectivity index (χ0n) is 8.61. The molecule has 1 atom stereocenters. The van der Waals surface area contributed by atoms with Crippen molar-refractivity contribution in [3.63, 3.8) is 0 Å². The van der Waals surface area contributed by atoms with Crippen LogP contribution in [-0.2, 0) is 0 Å². The van der Waals surface area contributed by atoms with Crippen LogP contribution in [0.1, 0.15) is 13.3 Å². The molecule has 0 aliphatic carbocycles. The maximum Gasteiger partial charge on any atom is 0.225 e. The Bertz CT molecular complexity index is 311. The first-order chi connectivity index (χ1) is 7.08. The molecule has 6 heteroatoms. The van der Waals surface area contributed by atoms with Crippen LogP contribution in [-0.4, -0.2) is 34.8 Å². The van der Waals surface area contributed by atoms with E-state index in [1.54, 1.807) is 6.07 Å². The number of aliphatic hydroxyl groups excluding tert-OH is 1. The second-order valence-electron chi connectivity index (χ2n) is 3.17. The number of anilines is 1. The van der Waals surface area contributed by atoms with E-state index in [0.717, 1.165) is 6.42 Å². The molecular weight excluding hydrogens is 237 g/mol. The Morgan fingerprint density at radius 1 is 1.47 bits per heavy atom. The molecule has 0 spiro atoms. The zero-order chi connectivity index (χ0) is 11.4. The van der Waals surface area contributed by atoms with Crippen molar-refractivity contribution in [3.05, 3.63) is 16.5 Å². The fraction of sp³-hybridized carbons (Fsp3) is 0.556. The van der Waals surface area contributed by atoms with E-state index in [-0.39, 0.29) is 17.9 Å². The first-order valence-electron chi connectivity index (χ1n) is 4.62. The minimum Gasteiger partial charge on any atom is -0.394 e. The average molecular weight is 250 g/mol. The fourth-order valence-electron chi connectivity index (χ4n) is 1.27. The largest absolute Gasteiger partial charge is 0.394 e. The summed E-state index contributed by atoms with van der Waals surface area (Å²) >= 11 is 11.4. The SMILES string of the molecule is CCC(CO)N(C)c1cc(Cl)nc(Cl)n1. The minimum atomic E-state index is 0.00651. The summed E-state index contributed by atoms with van der Waals surface area (Å²) in [7, 11) is 1.83. The van der Waals surface area contributed by atoms with Gasteiger partial charge >= 0.3 is 0 Å². The zero-order valence-corrected chi connectivity index (χ0v) is 10.1. The lowest BCUT2D eigenvalue weighted by Crippen LogP contribution is -2.34. The second kappa shape index (κ2) is 5.49. The normalized spacial score (nSPS) is 12.6. The molecule has 15 heavy (non-hydrogen) atoms. The Morgan fingerprint density at radius 2 is 2.13 bits per heavy atom. The van der Waals surface area contributed by atoms with Crippen LogP contribution in [0.3, 0.4) is 0 Å². The van der Waals surface area contributed by atoms with Gasteiger partial charge in [0.2, 0.25) is 5.28 Å². The van der Waals surface area contributed by atoms with E-state index in [0.29, 0.717) is 11.0 Å². The molecule has 1 aromatic heterocycles. The summed E-state index contributed by atoms with van der Waals surface area (Å²) in [5, 5.41) is 9.55. The fourth-order valence-corrected chi connectivity index (χ4v) is 1.67. The average Bonchev–Trinajstić information content (AvgIpc) is 2.18. The molecule has 1 N–H and O–H groups in total. The van der Waals surface area contributed by atoms with Gasteiger partial charge in [0.15, 0.2) is 0 Å². The van der Waals surface area contributed by atoms with Crippen molar-refractivity contribution >= 4 is 29.0 Å². The van der Waals surface area contributed by atoms with Crippen LogP contribution in [0.4, 0.5) is 5.82 Å². The molecule has 1 heterocycles. The molecule has 84 valence electrons. The highest BCUT2D eigenvalue weighted by atomic mass is 35.5. The smallest absolute Gasteiger partial charge is 0.225 e. The van der Waals surface area contributed by atoms with E-state index in [4.69, 9.17) is 28.3 Å². The molecule has 0 radical (unpaired) electrons. The van der Waals surface area contributed by atoms with Gasteiger partial charge < -0.3 is 10.0 Å². The molecule has 0 aliphatic rings. The Balaban J connectivity index is 2.94. The third kappa shape index (κ3) is 3.19. The molecule has 1 rings (SSSR count). The van der Waals surface area contributed by atoms with Gasteiger partial charge in [-0.2, -0.15) is 0 Å². The van der Waals surface area contributed by atoms with Gasteiger partial charge in [0.1, 0.15) is 11.0 Å². The molecule has 0 amide bonds. The third-order valence-corrected chi connectivity index (χ3v) is 2.61. The van der Waals surface area contributed by atoms with E-state index >= 15 is 0 Å². The number of rotatable bonds is 4. The number of aromatic nitrogens is 2. The van der Waals surface area contributed by atoms with Gasteiger partial charge in [0.05, 0.1) is 12.6 Å². The van der Waals surface area contributed by atoms with Crippen LogP contribution in [0, 0.1) is 0 Å². The number of hydrogen-bond acceptors (Lipinski definition) is 4. The lowest BCUT2D eigenvalue weighted by Gasteiger charge is -2.26. The Labute approximate surface area is 98.9 Å². The molecule has 1 unspecified atom stereocenters. The number of aliphatic hydroxyl groups is 1. The predicted octanol–water partition coefficient (Wildman–Crippen LogP) is 1.99. The van der Waals surface area contributed by atoms with Gasteiger partial charge in [0.25, 0.3) is 0 Å². The molecule has 0 aromatic carbocycles. The molecule has 0 saturated carbocycles. The van der Waals surface area contributed by atoms with Crippen LogP contribution >= 0.6 is 23.2 Å². The molecule has 1 aromatic rings. The molecular formula is C9H13Cl2N3O. The molecule has 0 fully saturated rings. The lowest BCUT2D eigenvalue weighted by molar-refractivity contribution is 0.259. The number of halogens is 2. The molecule has 0 bridgehead atoms. The number of hydrogen-bond donors (Lipinski definition) is 1. The van der Waals surface area contributed by atoms with Gasteiger partial charge in [-0.15, -0.1) is 0 Å². The van der Waals surface area contributed by atoms with Gasteiger partial charge in [-0.1, -0.05) is 18.5 Å². The van der Waals surface area contributed by atoms with Crippen LogP contribution in [0.15, 0.2) is 6.07 Å². The summed E-state index contributed by atoms with van der Waals surface area (Å²) in [6.45, 7) is 2.05. The summed E-state index contributed by atoms with van der Waals surface area (Å²) in [5.41, 5.74) is 0. The van der Waals surface area contributed by atoms with Gasteiger partial charge in [0, 0.05) is 13.1 Å². The van der Waals surface area contributed by atoms with E-state index < -0.39 is 0 Å². The van der Waals surface area contributed by atoms with Crippen molar-refractivity contribution in [3.8, 4) is 0 Å². The van der Waals surface area contributed by atoms with Crippen molar-refractivity contribution in [1.82, 2.24) is 9.97 Å². The van der Waals surface area contributed by atoms with Gasteiger partial charge in [-0.3, -0.25) is 0 Å². The molecule has 4 nitrogen and oxygen atoms in total. The van der Waals surface area contributed by atoms with Crippen LogP contribution in [0.5, 0.6) is 0 Å². The highest BCUT2D eigenvalue weighted by Crippen LogP contribution is 2.19. The van der Waals surface area contributed by atoms with E-state index in [9.17, 15) is 0 Å². The van der Waals surface area contributed by atoms with Gasteiger partial charge in [-0.05, 0) is 18.0 Å². The summed E-state index contributed by atoms with van der Waals surface area (Å²) in [6, 6.07) is 1.62. The first-order valence-corrected chi connectivity index (χ1v) is 5.37. The lowest BCUT2D eigenvalue weighted by atomic mass is 10.2. The summed E-state index contributed by atoms with van der Waals surface area (Å²) in [6.07, 6.45) is 0.812. The predicted molar refractivity (Wildman–Crippen MR) is 61.6 cm³/mol. The summed E-state index contributed by atoms with van der Waals surface area (Å²) in [5.74, 6) is 0.612. The maximum atomic E-state index is 9.15. The van der Waals surface area contributed by atoms with Crippen LogP contribution in [0.2, 0.25) is 10.4 Å². The highest BCUT2D eigenvalue weighted by molar-refractivity contribution is 6.32. The minimum absolute atomic E-state index is 0.00651.